The molecule has 11 nitrogen and oxygen atoms in total. The van der Waals surface area contributed by atoms with Crippen molar-refractivity contribution in [1.82, 2.24) is 24.8 Å². The number of nitriles is 2. The summed E-state index contributed by atoms with van der Waals surface area (Å²) in [6, 6.07) is 20.0. The molecule has 0 unspecified atom stereocenters. The molecule has 2 aromatic heterocycles. The van der Waals surface area contributed by atoms with Crippen molar-refractivity contribution < 1.29 is 14.2 Å². The first kappa shape index (κ1) is 37.6. The van der Waals surface area contributed by atoms with Gasteiger partial charge in [-0.3, -0.25) is 9.36 Å². The quantitative estimate of drug-likeness (QED) is 0.0792. The van der Waals surface area contributed by atoms with Crippen LogP contribution in [0.5, 0.6) is 11.6 Å². The third kappa shape index (κ3) is 8.63. The number of methoxy groups -OCH3 is 2. The average molecular weight is 724 g/mol. The van der Waals surface area contributed by atoms with Crippen molar-refractivity contribution in [2.75, 3.05) is 52.0 Å². The Labute approximate surface area is 307 Å². The van der Waals surface area contributed by atoms with Crippen LogP contribution in [0.2, 0.25) is 0 Å². The van der Waals surface area contributed by atoms with E-state index in [1.807, 2.05) is 55.5 Å². The fraction of sp³-hybridized carbons (Fsp3) is 0.368. The van der Waals surface area contributed by atoms with Crippen molar-refractivity contribution in [3.05, 3.63) is 88.2 Å². The van der Waals surface area contributed by atoms with Gasteiger partial charge in [0.2, 0.25) is 5.88 Å². The highest BCUT2D eigenvalue weighted by Gasteiger charge is 2.44. The molecule has 1 spiro atoms. The molecular formula is C38H41N7O4S2. The van der Waals surface area contributed by atoms with Crippen LogP contribution in [0.4, 0.5) is 0 Å². The molecule has 1 saturated heterocycles. The fourth-order valence-electron chi connectivity index (χ4n) is 6.44. The smallest absolute Gasteiger partial charge is 0.257 e. The molecule has 1 aliphatic carbocycles. The number of fused-ring (bicyclic) bond motifs is 4. The lowest BCUT2D eigenvalue weighted by Crippen LogP contribution is -2.43. The van der Waals surface area contributed by atoms with Crippen LogP contribution in [0.3, 0.4) is 0 Å². The van der Waals surface area contributed by atoms with Gasteiger partial charge in [-0.2, -0.15) is 15.5 Å². The SMILES string of the molecule is C=CCn1c(SCCOC)nc(-c2ccccc2)c(C)c1=O.COc1ccc2c(c1)CC1(CCNCC1)c1c(OCC#N)nc(SCC#N)nc1-2. The second kappa shape index (κ2) is 18.0. The molecule has 13 heteroatoms. The summed E-state index contributed by atoms with van der Waals surface area (Å²) in [7, 11) is 3.33. The average Bonchev–Trinajstić information content (AvgIpc) is 3.16. The molecule has 0 radical (unpaired) electrons. The number of nitrogens with zero attached hydrogens (tertiary/aromatic N) is 6. The van der Waals surface area contributed by atoms with Gasteiger partial charge in [0.1, 0.15) is 11.8 Å². The van der Waals surface area contributed by atoms with Gasteiger partial charge < -0.3 is 19.5 Å². The Balaban J connectivity index is 0.000000206. The second-order valence-electron chi connectivity index (χ2n) is 11.9. The monoisotopic (exact) mass is 723 g/mol. The van der Waals surface area contributed by atoms with E-state index in [0.29, 0.717) is 34.9 Å². The molecule has 2 aliphatic rings. The van der Waals surface area contributed by atoms with E-state index in [0.717, 1.165) is 71.9 Å². The first-order valence-electron chi connectivity index (χ1n) is 16.6. The van der Waals surface area contributed by atoms with Crippen molar-refractivity contribution >= 4 is 23.5 Å². The first-order valence-corrected chi connectivity index (χ1v) is 18.6. The molecule has 0 saturated carbocycles. The minimum Gasteiger partial charge on any atom is -0.497 e. The number of thioether (sulfide) groups is 2. The highest BCUT2D eigenvalue weighted by Crippen LogP contribution is 2.51. The van der Waals surface area contributed by atoms with Crippen LogP contribution in [0, 0.1) is 29.6 Å². The normalized spacial score (nSPS) is 13.8. The predicted octanol–water partition coefficient (Wildman–Crippen LogP) is 5.99. The number of aromatic nitrogens is 4. The topological polar surface area (TPSA) is 148 Å². The fourth-order valence-corrected chi connectivity index (χ4v) is 7.84. The van der Waals surface area contributed by atoms with E-state index in [1.54, 1.807) is 24.9 Å². The Morgan fingerprint density at radius 1 is 1.04 bits per heavy atom. The van der Waals surface area contributed by atoms with Gasteiger partial charge in [-0.05, 0) is 63.0 Å². The summed E-state index contributed by atoms with van der Waals surface area (Å²) >= 11 is 2.80. The molecule has 264 valence electrons. The molecule has 6 rings (SSSR count). The lowest BCUT2D eigenvalue weighted by atomic mass is 9.64. The van der Waals surface area contributed by atoms with Gasteiger partial charge in [0.25, 0.3) is 5.56 Å². The van der Waals surface area contributed by atoms with E-state index in [1.165, 1.54) is 29.1 Å². The van der Waals surface area contributed by atoms with Crippen molar-refractivity contribution in [1.29, 1.82) is 10.5 Å². The number of piperidine rings is 1. The molecule has 1 aliphatic heterocycles. The summed E-state index contributed by atoms with van der Waals surface area (Å²) in [6.07, 6.45) is 4.44. The number of nitrogens with one attached hydrogen (secondary N) is 1. The maximum atomic E-state index is 12.6. The summed E-state index contributed by atoms with van der Waals surface area (Å²) < 4.78 is 18.0. The maximum Gasteiger partial charge on any atom is 0.257 e. The third-order valence-corrected chi connectivity index (χ3v) is 10.5. The molecule has 0 atom stereocenters. The Hall–Kier alpha value is -4.66. The number of hydrogen-bond acceptors (Lipinski definition) is 12. The lowest BCUT2D eigenvalue weighted by Gasteiger charge is -2.42. The lowest BCUT2D eigenvalue weighted by molar-refractivity contribution is 0.218. The molecule has 4 aromatic rings. The highest BCUT2D eigenvalue weighted by molar-refractivity contribution is 7.99. The number of hydrogen-bond donors (Lipinski definition) is 1. The summed E-state index contributed by atoms with van der Waals surface area (Å²) in [5, 5.41) is 22.7. The van der Waals surface area contributed by atoms with Crippen LogP contribution in [-0.2, 0) is 23.1 Å². The molecule has 51 heavy (non-hydrogen) atoms. The van der Waals surface area contributed by atoms with E-state index >= 15 is 0 Å². The second-order valence-corrected chi connectivity index (χ2v) is 13.9. The number of ether oxygens (including phenoxy) is 3. The van der Waals surface area contributed by atoms with Crippen molar-refractivity contribution in [2.24, 2.45) is 0 Å². The Morgan fingerprint density at radius 2 is 1.82 bits per heavy atom. The summed E-state index contributed by atoms with van der Waals surface area (Å²) in [4.78, 5) is 26.8. The van der Waals surface area contributed by atoms with E-state index in [4.69, 9.17) is 34.7 Å². The highest BCUT2D eigenvalue weighted by atomic mass is 32.2. The molecule has 1 fully saturated rings. The molecule has 3 heterocycles. The van der Waals surface area contributed by atoms with Gasteiger partial charge in [0.15, 0.2) is 16.9 Å². The van der Waals surface area contributed by atoms with Crippen molar-refractivity contribution in [3.8, 4) is 46.3 Å². The van der Waals surface area contributed by atoms with Gasteiger partial charge in [-0.25, -0.2) is 9.97 Å². The van der Waals surface area contributed by atoms with E-state index < -0.39 is 0 Å². The van der Waals surface area contributed by atoms with Gasteiger partial charge in [-0.1, -0.05) is 59.9 Å². The van der Waals surface area contributed by atoms with E-state index in [2.05, 4.69) is 29.0 Å². The van der Waals surface area contributed by atoms with E-state index in [-0.39, 0.29) is 23.3 Å². The Bertz CT molecular complexity index is 1980. The zero-order valence-electron chi connectivity index (χ0n) is 29.1. The zero-order chi connectivity index (χ0) is 36.2. The standard InChI is InChI=1S/C21H21N5O2S.C17H20N2O2S/c1-27-15-2-3-16-14(12-15)13-21(4-8-24-9-5-21)17-18(16)25-20(29-11-7-23)26-19(17)28-10-6-22;1-4-10-19-16(20)13(2)15(14-8-6-5-7-9-14)18-17(19)22-12-11-21-3/h2-3,12,24H,4-5,8-11,13H2,1H3;4-9H,1,10-12H2,2-3H3. The number of allylic oxidation sites excluding steroid dienone is 1. The van der Waals surface area contributed by atoms with Gasteiger partial charge >= 0.3 is 0 Å². The van der Waals surface area contributed by atoms with Crippen LogP contribution in [0.15, 0.2) is 76.3 Å². The Morgan fingerprint density at radius 3 is 2.51 bits per heavy atom. The predicted molar refractivity (Wildman–Crippen MR) is 200 cm³/mol. The minimum absolute atomic E-state index is 0.0198. The van der Waals surface area contributed by atoms with Crippen molar-refractivity contribution in [3.63, 3.8) is 0 Å². The summed E-state index contributed by atoms with van der Waals surface area (Å²) in [6.45, 7) is 8.35. The number of rotatable bonds is 12. The zero-order valence-corrected chi connectivity index (χ0v) is 30.7. The molecule has 1 N–H and O–H groups in total. The maximum absolute atomic E-state index is 12.6. The van der Waals surface area contributed by atoms with Crippen LogP contribution < -0.4 is 20.3 Å². The molecule has 0 bridgehead atoms. The van der Waals surface area contributed by atoms with Crippen LogP contribution in [0.25, 0.3) is 22.5 Å². The Kier molecular flexibility index (Phi) is 13.3. The summed E-state index contributed by atoms with van der Waals surface area (Å²) in [5.41, 5.74) is 6.25. The van der Waals surface area contributed by atoms with Crippen LogP contribution >= 0.6 is 23.5 Å². The van der Waals surface area contributed by atoms with Gasteiger partial charge in [-0.15, -0.1) is 6.58 Å². The molecule has 2 aromatic carbocycles. The third-order valence-electron chi connectivity index (χ3n) is 8.82. The largest absolute Gasteiger partial charge is 0.497 e. The number of benzene rings is 2. The molecule has 0 amide bonds. The minimum atomic E-state index is -0.150. The van der Waals surface area contributed by atoms with Gasteiger partial charge in [0, 0.05) is 47.1 Å². The summed E-state index contributed by atoms with van der Waals surface area (Å²) in [5.74, 6) is 2.30. The van der Waals surface area contributed by atoms with Gasteiger partial charge in [0.05, 0.1) is 36.9 Å². The molecular weight excluding hydrogens is 683 g/mol. The first-order chi connectivity index (χ1) is 24.9. The van der Waals surface area contributed by atoms with Crippen LogP contribution in [0.1, 0.15) is 29.5 Å². The van der Waals surface area contributed by atoms with Crippen LogP contribution in [-0.4, -0.2) is 71.5 Å². The van der Waals surface area contributed by atoms with Crippen molar-refractivity contribution in [2.45, 2.75) is 48.5 Å². The van der Waals surface area contributed by atoms with E-state index in [9.17, 15) is 4.79 Å².